The lowest BCUT2D eigenvalue weighted by atomic mass is 10.1. The summed E-state index contributed by atoms with van der Waals surface area (Å²) in [5.74, 6) is 0.897. The molecular weight excluding hydrogens is 344 g/mol. The van der Waals surface area contributed by atoms with Crippen LogP contribution in [0.15, 0.2) is 64.6 Å². The molecular formula is C21H22N2O2S. The monoisotopic (exact) mass is 366 g/mol. The predicted molar refractivity (Wildman–Crippen MR) is 104 cm³/mol. The fraction of sp³-hybridized carbons (Fsp3) is 0.286. The maximum atomic E-state index is 13.0. The van der Waals surface area contributed by atoms with Gasteiger partial charge in [-0.15, -0.1) is 11.3 Å². The number of hydrogen-bond acceptors (Lipinski definition) is 4. The van der Waals surface area contributed by atoms with Gasteiger partial charge in [0.1, 0.15) is 5.76 Å². The van der Waals surface area contributed by atoms with Gasteiger partial charge in [0.2, 0.25) is 0 Å². The third-order valence-corrected chi connectivity index (χ3v) is 5.61. The minimum Gasteiger partial charge on any atom is -0.464 e. The first-order chi connectivity index (χ1) is 12.8. The normalized spacial score (nSPS) is 15.8. The van der Waals surface area contributed by atoms with Crippen LogP contribution in [0.1, 0.15) is 21.7 Å². The van der Waals surface area contributed by atoms with Crippen LogP contribution in [0.4, 0.5) is 0 Å². The van der Waals surface area contributed by atoms with Crippen LogP contribution in [0.3, 0.4) is 0 Å². The largest absolute Gasteiger partial charge is 0.464 e. The van der Waals surface area contributed by atoms with Gasteiger partial charge < -0.3 is 9.32 Å². The van der Waals surface area contributed by atoms with E-state index in [0.29, 0.717) is 0 Å². The number of rotatable bonds is 4. The number of hydrogen-bond donors (Lipinski definition) is 0. The summed E-state index contributed by atoms with van der Waals surface area (Å²) in [5.41, 5.74) is 1.67. The van der Waals surface area contributed by atoms with Gasteiger partial charge in [-0.2, -0.15) is 0 Å². The van der Waals surface area contributed by atoms with Crippen molar-refractivity contribution in [3.8, 4) is 11.3 Å². The van der Waals surface area contributed by atoms with Gasteiger partial charge in [0.05, 0.1) is 6.26 Å². The molecule has 0 unspecified atom stereocenters. The van der Waals surface area contributed by atoms with E-state index in [4.69, 9.17) is 4.42 Å². The highest BCUT2D eigenvalue weighted by atomic mass is 32.1. The van der Waals surface area contributed by atoms with E-state index in [2.05, 4.69) is 22.4 Å². The van der Waals surface area contributed by atoms with Gasteiger partial charge in [0.25, 0.3) is 5.91 Å². The topological polar surface area (TPSA) is 36.7 Å². The number of thiophene rings is 1. The number of carbonyl (C=O) groups excluding carboxylic acids is 1. The molecule has 134 valence electrons. The van der Waals surface area contributed by atoms with Gasteiger partial charge in [-0.3, -0.25) is 9.69 Å². The van der Waals surface area contributed by atoms with Crippen molar-refractivity contribution in [1.29, 1.82) is 0 Å². The molecule has 1 aliphatic heterocycles. The molecule has 0 N–H and O–H groups in total. The number of furan rings is 1. The van der Waals surface area contributed by atoms with Crippen molar-refractivity contribution >= 4 is 17.2 Å². The van der Waals surface area contributed by atoms with Crippen molar-refractivity contribution < 1.29 is 9.21 Å². The van der Waals surface area contributed by atoms with Crippen molar-refractivity contribution in [3.63, 3.8) is 0 Å². The number of amides is 1. The zero-order chi connectivity index (χ0) is 17.8. The number of benzene rings is 1. The molecule has 26 heavy (non-hydrogen) atoms. The van der Waals surface area contributed by atoms with Gasteiger partial charge in [0, 0.05) is 48.7 Å². The highest BCUT2D eigenvalue weighted by Gasteiger charge is 2.21. The fourth-order valence-electron chi connectivity index (χ4n) is 3.39. The SMILES string of the molecule is O=C(c1cccc(-c2ccco2)c1)N1CCCN(Cc2cccs2)CC1. The van der Waals surface area contributed by atoms with E-state index in [1.807, 2.05) is 41.3 Å². The first-order valence-electron chi connectivity index (χ1n) is 8.97. The molecule has 1 amide bonds. The molecule has 3 heterocycles. The molecule has 5 heteroatoms. The van der Waals surface area contributed by atoms with Gasteiger partial charge in [0.15, 0.2) is 0 Å². The second-order valence-corrected chi connectivity index (χ2v) is 7.59. The van der Waals surface area contributed by atoms with Gasteiger partial charge >= 0.3 is 0 Å². The molecule has 4 nitrogen and oxygen atoms in total. The molecule has 1 aromatic carbocycles. The van der Waals surface area contributed by atoms with Crippen molar-refractivity contribution in [2.45, 2.75) is 13.0 Å². The Balaban J connectivity index is 1.43. The second-order valence-electron chi connectivity index (χ2n) is 6.56. The quantitative estimate of drug-likeness (QED) is 0.688. The zero-order valence-corrected chi connectivity index (χ0v) is 15.5. The van der Waals surface area contributed by atoms with E-state index in [1.54, 1.807) is 17.6 Å². The summed E-state index contributed by atoms with van der Waals surface area (Å²) in [7, 11) is 0. The molecule has 1 fully saturated rings. The summed E-state index contributed by atoms with van der Waals surface area (Å²) < 4.78 is 5.45. The van der Waals surface area contributed by atoms with Gasteiger partial charge in [-0.1, -0.05) is 18.2 Å². The van der Waals surface area contributed by atoms with Crippen LogP contribution < -0.4 is 0 Å². The maximum absolute atomic E-state index is 13.0. The Hall–Kier alpha value is -2.37. The molecule has 0 spiro atoms. The summed E-state index contributed by atoms with van der Waals surface area (Å²) in [5, 5.41) is 2.12. The molecule has 0 radical (unpaired) electrons. The standard InChI is InChI=1S/C21H22N2O2S/c24-21(18-6-1-5-17(15-18)20-8-2-13-25-20)23-10-4-9-22(11-12-23)16-19-7-3-14-26-19/h1-3,5-8,13-15H,4,9-12,16H2. The lowest BCUT2D eigenvalue weighted by Crippen LogP contribution is -2.35. The van der Waals surface area contributed by atoms with E-state index in [0.717, 1.165) is 56.0 Å². The Morgan fingerprint density at radius 2 is 2.00 bits per heavy atom. The third kappa shape index (κ3) is 3.89. The number of nitrogens with zero attached hydrogens (tertiary/aromatic N) is 2. The van der Waals surface area contributed by atoms with Gasteiger partial charge in [-0.05, 0) is 42.1 Å². The van der Waals surface area contributed by atoms with Crippen LogP contribution in [-0.4, -0.2) is 41.9 Å². The summed E-state index contributed by atoms with van der Waals surface area (Å²) in [6.07, 6.45) is 2.66. The lowest BCUT2D eigenvalue weighted by Gasteiger charge is -2.22. The predicted octanol–water partition coefficient (Wildman–Crippen LogP) is 4.36. The van der Waals surface area contributed by atoms with E-state index < -0.39 is 0 Å². The van der Waals surface area contributed by atoms with Crippen LogP contribution in [-0.2, 0) is 6.54 Å². The maximum Gasteiger partial charge on any atom is 0.253 e. The van der Waals surface area contributed by atoms with Crippen molar-refractivity contribution in [3.05, 3.63) is 70.6 Å². The van der Waals surface area contributed by atoms with Crippen LogP contribution >= 0.6 is 11.3 Å². The highest BCUT2D eigenvalue weighted by Crippen LogP contribution is 2.22. The first kappa shape index (κ1) is 17.1. The first-order valence-corrected chi connectivity index (χ1v) is 9.85. The van der Waals surface area contributed by atoms with Crippen LogP contribution in [0.25, 0.3) is 11.3 Å². The Morgan fingerprint density at radius 3 is 2.81 bits per heavy atom. The fourth-order valence-corrected chi connectivity index (χ4v) is 4.13. The Labute approximate surface area is 157 Å². The smallest absolute Gasteiger partial charge is 0.253 e. The third-order valence-electron chi connectivity index (χ3n) is 4.75. The minimum atomic E-state index is 0.108. The lowest BCUT2D eigenvalue weighted by molar-refractivity contribution is 0.0761. The second kappa shape index (κ2) is 7.89. The van der Waals surface area contributed by atoms with E-state index in [1.165, 1.54) is 4.88 Å². The van der Waals surface area contributed by atoms with Crippen LogP contribution in [0.2, 0.25) is 0 Å². The van der Waals surface area contributed by atoms with Crippen LogP contribution in [0.5, 0.6) is 0 Å². The molecule has 2 aromatic heterocycles. The summed E-state index contributed by atoms with van der Waals surface area (Å²) in [6.45, 7) is 4.52. The molecule has 0 atom stereocenters. The highest BCUT2D eigenvalue weighted by molar-refractivity contribution is 7.09. The summed E-state index contributed by atoms with van der Waals surface area (Å²) in [6, 6.07) is 15.8. The van der Waals surface area contributed by atoms with E-state index in [-0.39, 0.29) is 5.91 Å². The molecule has 0 saturated carbocycles. The number of carbonyl (C=O) groups is 1. The van der Waals surface area contributed by atoms with Crippen LogP contribution in [0, 0.1) is 0 Å². The minimum absolute atomic E-state index is 0.108. The van der Waals surface area contributed by atoms with E-state index >= 15 is 0 Å². The molecule has 0 bridgehead atoms. The summed E-state index contributed by atoms with van der Waals surface area (Å²) >= 11 is 1.80. The van der Waals surface area contributed by atoms with E-state index in [9.17, 15) is 4.79 Å². The van der Waals surface area contributed by atoms with Crippen molar-refractivity contribution in [1.82, 2.24) is 9.80 Å². The average molecular weight is 366 g/mol. The Morgan fingerprint density at radius 1 is 1.04 bits per heavy atom. The molecule has 3 aromatic rings. The zero-order valence-electron chi connectivity index (χ0n) is 14.6. The molecule has 4 rings (SSSR count). The van der Waals surface area contributed by atoms with Crippen molar-refractivity contribution in [2.24, 2.45) is 0 Å². The Bertz CT molecular complexity index is 843. The molecule has 0 aliphatic carbocycles. The van der Waals surface area contributed by atoms with Crippen molar-refractivity contribution in [2.75, 3.05) is 26.2 Å². The van der Waals surface area contributed by atoms with Gasteiger partial charge in [-0.25, -0.2) is 0 Å². The summed E-state index contributed by atoms with van der Waals surface area (Å²) in [4.78, 5) is 18.8. The molecule has 1 aliphatic rings. The average Bonchev–Trinajstić information content (AvgIpc) is 3.33. The molecule has 1 saturated heterocycles. The Kier molecular flexibility index (Phi) is 5.18.